The van der Waals surface area contributed by atoms with Crippen LogP contribution in [0, 0.1) is 0 Å². The summed E-state index contributed by atoms with van der Waals surface area (Å²) in [6.45, 7) is 6.08. The van der Waals surface area contributed by atoms with Crippen LogP contribution in [0.25, 0.3) is 0 Å². The average molecular weight is 345 g/mol. The summed E-state index contributed by atoms with van der Waals surface area (Å²) in [4.78, 5) is 23.3. The predicted octanol–water partition coefficient (Wildman–Crippen LogP) is 4.01. The van der Waals surface area contributed by atoms with Gasteiger partial charge in [0.25, 0.3) is 5.91 Å². The molecule has 0 aliphatic carbocycles. The summed E-state index contributed by atoms with van der Waals surface area (Å²) < 4.78 is 0. The van der Waals surface area contributed by atoms with E-state index in [9.17, 15) is 9.59 Å². The highest BCUT2D eigenvalue weighted by molar-refractivity contribution is 6.30. The SMILES string of the molecule is CC(=O)Nc1ccc(C(=O)NCC(C)(C)c2ccc(Cl)cc2)cc1. The standard InChI is InChI=1S/C19H21ClN2O2/c1-13(23)22-17-10-4-14(5-11-17)18(24)21-12-19(2,3)15-6-8-16(20)9-7-15/h4-11H,12H2,1-3H3,(H,21,24)(H,22,23). The van der Waals surface area contributed by atoms with E-state index < -0.39 is 0 Å². The third-order valence-electron chi connectivity index (χ3n) is 3.78. The number of hydrogen-bond acceptors (Lipinski definition) is 2. The van der Waals surface area contributed by atoms with Gasteiger partial charge in [-0.25, -0.2) is 0 Å². The fourth-order valence-corrected chi connectivity index (χ4v) is 2.44. The number of carbonyl (C=O) groups is 2. The molecule has 5 heteroatoms. The van der Waals surface area contributed by atoms with Crippen molar-refractivity contribution in [2.75, 3.05) is 11.9 Å². The number of carbonyl (C=O) groups excluding carboxylic acids is 2. The minimum absolute atomic E-state index is 0.142. The van der Waals surface area contributed by atoms with Gasteiger partial charge in [0.2, 0.25) is 5.91 Å². The Hall–Kier alpha value is -2.33. The van der Waals surface area contributed by atoms with Gasteiger partial charge >= 0.3 is 0 Å². The first-order valence-electron chi connectivity index (χ1n) is 7.70. The fourth-order valence-electron chi connectivity index (χ4n) is 2.31. The summed E-state index contributed by atoms with van der Waals surface area (Å²) in [6.07, 6.45) is 0. The van der Waals surface area contributed by atoms with Crippen LogP contribution in [-0.4, -0.2) is 18.4 Å². The number of amides is 2. The first kappa shape index (κ1) is 18.0. The summed E-state index contributed by atoms with van der Waals surface area (Å²) in [5, 5.41) is 6.32. The lowest BCUT2D eigenvalue weighted by Crippen LogP contribution is -2.36. The summed E-state index contributed by atoms with van der Waals surface area (Å²) in [6, 6.07) is 14.4. The van der Waals surface area contributed by atoms with Crippen molar-refractivity contribution >= 4 is 29.1 Å². The third kappa shape index (κ3) is 4.83. The van der Waals surface area contributed by atoms with E-state index >= 15 is 0 Å². The molecule has 0 aliphatic heterocycles. The summed E-state index contributed by atoms with van der Waals surface area (Å²) in [7, 11) is 0. The molecule has 0 aromatic heterocycles. The topological polar surface area (TPSA) is 58.2 Å². The van der Waals surface area contributed by atoms with Gasteiger partial charge in [-0.05, 0) is 42.0 Å². The molecular weight excluding hydrogens is 324 g/mol. The molecular formula is C19H21ClN2O2. The minimum atomic E-state index is -0.212. The second kappa shape index (κ2) is 7.49. The van der Waals surface area contributed by atoms with Crippen molar-refractivity contribution < 1.29 is 9.59 Å². The lowest BCUT2D eigenvalue weighted by Gasteiger charge is -2.25. The van der Waals surface area contributed by atoms with Crippen LogP contribution >= 0.6 is 11.6 Å². The summed E-state index contributed by atoms with van der Waals surface area (Å²) >= 11 is 5.92. The molecule has 0 heterocycles. The second-order valence-electron chi connectivity index (χ2n) is 6.33. The molecule has 0 atom stereocenters. The Morgan fingerprint density at radius 1 is 1.00 bits per heavy atom. The normalized spacial score (nSPS) is 11.0. The van der Waals surface area contributed by atoms with E-state index in [1.165, 1.54) is 6.92 Å². The maximum atomic E-state index is 12.3. The molecule has 2 N–H and O–H groups in total. The van der Waals surface area contributed by atoms with E-state index in [4.69, 9.17) is 11.6 Å². The van der Waals surface area contributed by atoms with Crippen LogP contribution in [0.15, 0.2) is 48.5 Å². The van der Waals surface area contributed by atoms with Gasteiger partial charge in [0.05, 0.1) is 0 Å². The van der Waals surface area contributed by atoms with Crippen molar-refractivity contribution in [2.24, 2.45) is 0 Å². The highest BCUT2D eigenvalue weighted by Gasteiger charge is 2.21. The van der Waals surface area contributed by atoms with Crippen LogP contribution in [0.4, 0.5) is 5.69 Å². The predicted molar refractivity (Wildman–Crippen MR) is 97.6 cm³/mol. The molecule has 2 aromatic rings. The minimum Gasteiger partial charge on any atom is -0.351 e. The maximum Gasteiger partial charge on any atom is 0.251 e. The largest absolute Gasteiger partial charge is 0.351 e. The molecule has 2 rings (SSSR count). The number of hydrogen-bond donors (Lipinski definition) is 2. The van der Waals surface area contributed by atoms with Gasteiger partial charge in [0.15, 0.2) is 0 Å². The van der Waals surface area contributed by atoms with E-state index in [2.05, 4.69) is 24.5 Å². The monoisotopic (exact) mass is 344 g/mol. The van der Waals surface area contributed by atoms with Gasteiger partial charge in [0, 0.05) is 35.2 Å². The van der Waals surface area contributed by atoms with E-state index in [0.29, 0.717) is 22.8 Å². The Kier molecular flexibility index (Phi) is 5.62. The third-order valence-corrected chi connectivity index (χ3v) is 4.04. The van der Waals surface area contributed by atoms with Crippen molar-refractivity contribution in [1.29, 1.82) is 0 Å². The highest BCUT2D eigenvalue weighted by Crippen LogP contribution is 2.24. The maximum absolute atomic E-state index is 12.3. The van der Waals surface area contributed by atoms with Crippen molar-refractivity contribution in [3.05, 3.63) is 64.7 Å². The molecule has 0 saturated carbocycles. The molecule has 2 amide bonds. The van der Waals surface area contributed by atoms with Gasteiger partial charge in [-0.3, -0.25) is 9.59 Å². The van der Waals surface area contributed by atoms with E-state index in [0.717, 1.165) is 5.56 Å². The van der Waals surface area contributed by atoms with E-state index in [1.54, 1.807) is 24.3 Å². The van der Waals surface area contributed by atoms with Crippen molar-refractivity contribution in [3.8, 4) is 0 Å². The quantitative estimate of drug-likeness (QED) is 0.861. The molecule has 0 aliphatic rings. The molecule has 126 valence electrons. The van der Waals surface area contributed by atoms with E-state index in [-0.39, 0.29) is 17.2 Å². The zero-order chi connectivity index (χ0) is 17.7. The number of halogens is 1. The van der Waals surface area contributed by atoms with Crippen LogP contribution in [0.1, 0.15) is 36.7 Å². The number of anilines is 1. The van der Waals surface area contributed by atoms with E-state index in [1.807, 2.05) is 24.3 Å². The zero-order valence-corrected chi connectivity index (χ0v) is 14.8. The van der Waals surface area contributed by atoms with Crippen LogP contribution in [0.3, 0.4) is 0 Å². The second-order valence-corrected chi connectivity index (χ2v) is 6.77. The van der Waals surface area contributed by atoms with Crippen molar-refractivity contribution in [2.45, 2.75) is 26.2 Å². The Balaban J connectivity index is 1.99. The first-order valence-corrected chi connectivity index (χ1v) is 8.08. The molecule has 0 bridgehead atoms. The summed E-state index contributed by atoms with van der Waals surface area (Å²) in [5.41, 5.74) is 2.11. The van der Waals surface area contributed by atoms with Gasteiger partial charge in [-0.1, -0.05) is 37.6 Å². The number of nitrogens with one attached hydrogen (secondary N) is 2. The smallest absolute Gasteiger partial charge is 0.251 e. The lowest BCUT2D eigenvalue weighted by atomic mass is 9.84. The van der Waals surface area contributed by atoms with Crippen LogP contribution in [-0.2, 0) is 10.2 Å². The Labute approximate surface area is 147 Å². The Morgan fingerprint density at radius 3 is 2.12 bits per heavy atom. The molecule has 2 aromatic carbocycles. The van der Waals surface area contributed by atoms with Gasteiger partial charge < -0.3 is 10.6 Å². The number of benzene rings is 2. The Bertz CT molecular complexity index is 722. The highest BCUT2D eigenvalue weighted by atomic mass is 35.5. The Morgan fingerprint density at radius 2 is 1.58 bits per heavy atom. The fraction of sp³-hybridized carbons (Fsp3) is 0.263. The average Bonchev–Trinajstić information content (AvgIpc) is 2.53. The van der Waals surface area contributed by atoms with Gasteiger partial charge in [-0.15, -0.1) is 0 Å². The molecule has 0 unspecified atom stereocenters. The van der Waals surface area contributed by atoms with Gasteiger partial charge in [-0.2, -0.15) is 0 Å². The molecule has 24 heavy (non-hydrogen) atoms. The molecule has 0 spiro atoms. The summed E-state index contributed by atoms with van der Waals surface area (Å²) in [5.74, 6) is -0.289. The number of rotatable bonds is 5. The first-order chi connectivity index (χ1) is 11.3. The molecule has 0 fully saturated rings. The van der Waals surface area contributed by atoms with Crippen LogP contribution in [0.2, 0.25) is 5.02 Å². The van der Waals surface area contributed by atoms with Gasteiger partial charge in [0.1, 0.15) is 0 Å². The molecule has 4 nitrogen and oxygen atoms in total. The van der Waals surface area contributed by atoms with Crippen molar-refractivity contribution in [3.63, 3.8) is 0 Å². The van der Waals surface area contributed by atoms with Crippen LogP contribution in [0.5, 0.6) is 0 Å². The molecule has 0 saturated heterocycles. The molecule has 0 radical (unpaired) electrons. The zero-order valence-electron chi connectivity index (χ0n) is 14.0. The lowest BCUT2D eigenvalue weighted by molar-refractivity contribution is -0.114. The van der Waals surface area contributed by atoms with Crippen LogP contribution < -0.4 is 10.6 Å². The van der Waals surface area contributed by atoms with Crippen molar-refractivity contribution in [1.82, 2.24) is 5.32 Å².